The van der Waals surface area contributed by atoms with E-state index in [1.165, 1.54) is 28.7 Å². The van der Waals surface area contributed by atoms with Crippen molar-refractivity contribution in [3.63, 3.8) is 0 Å². The second-order valence-corrected chi connectivity index (χ2v) is 10.5. The van der Waals surface area contributed by atoms with Crippen molar-refractivity contribution >= 4 is 23.3 Å². The number of aryl methyl sites for hydroxylation is 1. The molecule has 0 amide bonds. The highest BCUT2D eigenvalue weighted by Gasteiger charge is 2.57. The summed E-state index contributed by atoms with van der Waals surface area (Å²) in [6.45, 7) is 1.98. The first-order valence-corrected chi connectivity index (χ1v) is 13.2. The predicted octanol–water partition coefficient (Wildman–Crippen LogP) is 5.95. The summed E-state index contributed by atoms with van der Waals surface area (Å²) in [6.07, 6.45) is -7.73. The third-order valence-electron chi connectivity index (χ3n) is 6.25. The standard InChI is InChI=1S/C26H28F7N3O2S/c1-2-21(37)15-35-12-11-19(34)14-20-7-3-16-13-17(24(25(28,29)30)26(31,32)33)4-10-23(16)36(20)39(38)22-8-5-18(27)6-9-22/h4-6,8-13,20-21,24,37H,2-3,7,14-15,34H2,1H3/t20-,21?,39?/m0/s1. The second kappa shape index (κ2) is 12.6. The average molecular weight is 580 g/mol. The first-order valence-electron chi connectivity index (χ1n) is 12.1. The minimum absolute atomic E-state index is 0.122. The Morgan fingerprint density at radius 1 is 1.15 bits per heavy atom. The Bertz CT molecular complexity index is 1160. The Morgan fingerprint density at radius 2 is 1.79 bits per heavy atom. The molecular formula is C26H28F7N3O2S. The fraction of sp³-hybridized carbons (Fsp3) is 0.423. The lowest BCUT2D eigenvalue weighted by molar-refractivity contribution is -0.253. The third-order valence-corrected chi connectivity index (χ3v) is 7.78. The van der Waals surface area contributed by atoms with Gasteiger partial charge in [0.2, 0.25) is 0 Å². The van der Waals surface area contributed by atoms with Crippen LogP contribution in [0.4, 0.5) is 36.4 Å². The molecule has 0 bridgehead atoms. The molecule has 0 aromatic heterocycles. The van der Waals surface area contributed by atoms with Gasteiger partial charge in [0.15, 0.2) is 10.8 Å². The largest absolute Gasteiger partial charge is 0.588 e. The van der Waals surface area contributed by atoms with Gasteiger partial charge in [0, 0.05) is 18.3 Å². The molecule has 13 heteroatoms. The smallest absolute Gasteiger partial charge is 0.404 e. The molecule has 3 atom stereocenters. The van der Waals surface area contributed by atoms with Gasteiger partial charge in [-0.05, 0) is 66.8 Å². The van der Waals surface area contributed by atoms with Crippen molar-refractivity contribution in [3.05, 3.63) is 71.2 Å². The molecule has 3 rings (SSSR count). The van der Waals surface area contributed by atoms with Crippen LogP contribution in [0.5, 0.6) is 0 Å². The number of rotatable bonds is 9. The van der Waals surface area contributed by atoms with E-state index in [9.17, 15) is 40.4 Å². The number of allylic oxidation sites excluding steroid dienone is 1. The molecule has 5 nitrogen and oxygen atoms in total. The van der Waals surface area contributed by atoms with Crippen molar-refractivity contribution in [2.24, 2.45) is 10.7 Å². The number of nitrogens with two attached hydrogens (primary N) is 1. The highest BCUT2D eigenvalue weighted by Crippen LogP contribution is 2.48. The number of hydrogen-bond donors (Lipinski definition) is 2. The van der Waals surface area contributed by atoms with Crippen molar-refractivity contribution in [2.45, 2.75) is 67.9 Å². The fourth-order valence-electron chi connectivity index (χ4n) is 4.27. The highest BCUT2D eigenvalue weighted by atomic mass is 32.2. The number of aliphatic hydroxyl groups excluding tert-OH is 1. The summed E-state index contributed by atoms with van der Waals surface area (Å²) in [6, 6.07) is 6.95. The van der Waals surface area contributed by atoms with Gasteiger partial charge in [-0.15, -0.1) is 0 Å². The van der Waals surface area contributed by atoms with Gasteiger partial charge >= 0.3 is 12.4 Å². The molecule has 39 heavy (non-hydrogen) atoms. The number of anilines is 1. The van der Waals surface area contributed by atoms with Crippen LogP contribution >= 0.6 is 0 Å². The first kappa shape index (κ1) is 30.8. The normalized spacial score (nSPS) is 18.5. The van der Waals surface area contributed by atoms with Crippen molar-refractivity contribution < 1.29 is 40.4 Å². The maximum absolute atomic E-state index is 13.6. The monoisotopic (exact) mass is 579 g/mol. The molecule has 0 saturated carbocycles. The Morgan fingerprint density at radius 3 is 2.38 bits per heavy atom. The number of benzene rings is 2. The van der Waals surface area contributed by atoms with Gasteiger partial charge < -0.3 is 15.4 Å². The van der Waals surface area contributed by atoms with Gasteiger partial charge in [-0.3, -0.25) is 4.99 Å². The summed E-state index contributed by atoms with van der Waals surface area (Å²) in [4.78, 5) is 4.26. The van der Waals surface area contributed by atoms with Crippen LogP contribution < -0.4 is 10.0 Å². The van der Waals surface area contributed by atoms with Crippen LogP contribution in [-0.2, 0) is 17.8 Å². The first-order chi connectivity index (χ1) is 18.2. The minimum atomic E-state index is -5.55. The maximum atomic E-state index is 13.6. The Hall–Kier alpha value is -2.77. The van der Waals surface area contributed by atoms with E-state index in [0.29, 0.717) is 12.1 Å². The van der Waals surface area contributed by atoms with Crippen LogP contribution in [0.25, 0.3) is 0 Å². The molecule has 1 aliphatic rings. The zero-order valence-corrected chi connectivity index (χ0v) is 21.7. The van der Waals surface area contributed by atoms with E-state index in [1.807, 2.05) is 0 Å². The molecule has 214 valence electrons. The van der Waals surface area contributed by atoms with E-state index in [-0.39, 0.29) is 42.0 Å². The van der Waals surface area contributed by atoms with Crippen molar-refractivity contribution in [1.82, 2.24) is 0 Å². The molecule has 2 aromatic rings. The quantitative estimate of drug-likeness (QED) is 0.218. The van der Waals surface area contributed by atoms with Crippen molar-refractivity contribution in [2.75, 3.05) is 10.8 Å². The molecule has 1 aliphatic heterocycles. The summed E-state index contributed by atoms with van der Waals surface area (Å²) in [7, 11) is 0. The molecule has 2 unspecified atom stereocenters. The summed E-state index contributed by atoms with van der Waals surface area (Å²) >= 11 is -1.98. The van der Waals surface area contributed by atoms with Gasteiger partial charge in [-0.2, -0.15) is 30.6 Å². The minimum Gasteiger partial charge on any atom is -0.588 e. The van der Waals surface area contributed by atoms with E-state index in [2.05, 4.69) is 4.99 Å². The third kappa shape index (κ3) is 7.89. The maximum Gasteiger partial charge on any atom is 0.404 e. The summed E-state index contributed by atoms with van der Waals surface area (Å²) in [5, 5.41) is 9.59. The molecule has 0 fully saturated rings. The number of aliphatic imine (C=N–C) groups is 1. The number of fused-ring (bicyclic) bond motifs is 1. The Labute approximate surface area is 224 Å². The van der Waals surface area contributed by atoms with E-state index in [1.54, 1.807) is 6.92 Å². The topological polar surface area (TPSA) is 84.9 Å². The average Bonchev–Trinajstić information content (AvgIpc) is 2.84. The lowest BCUT2D eigenvalue weighted by Crippen LogP contribution is -2.44. The van der Waals surface area contributed by atoms with Crippen molar-refractivity contribution in [1.29, 1.82) is 0 Å². The zero-order chi connectivity index (χ0) is 29.0. The van der Waals surface area contributed by atoms with Gasteiger partial charge in [0.1, 0.15) is 17.2 Å². The lowest BCUT2D eigenvalue weighted by atomic mass is 9.90. The van der Waals surface area contributed by atoms with Crippen molar-refractivity contribution in [3.8, 4) is 0 Å². The van der Waals surface area contributed by atoms with Crippen LogP contribution in [0.1, 0.15) is 43.2 Å². The number of hydrogen-bond acceptors (Lipinski definition) is 5. The summed E-state index contributed by atoms with van der Waals surface area (Å²) < 4.78 is 108. The SMILES string of the molecule is CCC(O)CN=CC=C(N)C[C@@H]1CCc2cc(C(C(F)(F)F)C(F)(F)F)ccc2N1[S+]([O-])c1ccc(F)cc1. The fourth-order valence-corrected chi connectivity index (χ4v) is 5.68. The number of alkyl halides is 6. The Balaban J connectivity index is 1.98. The molecule has 0 saturated heterocycles. The molecule has 0 radical (unpaired) electrons. The van der Waals surface area contributed by atoms with E-state index >= 15 is 0 Å². The lowest BCUT2D eigenvalue weighted by Gasteiger charge is -2.38. The zero-order valence-electron chi connectivity index (χ0n) is 20.8. The van der Waals surface area contributed by atoms with Crippen LogP contribution in [0.15, 0.2) is 64.1 Å². The predicted molar refractivity (Wildman–Crippen MR) is 135 cm³/mol. The van der Waals surface area contributed by atoms with Crippen LogP contribution in [0.3, 0.4) is 0 Å². The second-order valence-electron chi connectivity index (χ2n) is 9.15. The molecule has 0 aliphatic carbocycles. The Kier molecular flexibility index (Phi) is 9.94. The van der Waals surface area contributed by atoms with E-state index < -0.39 is 53.2 Å². The molecule has 1 heterocycles. The van der Waals surface area contributed by atoms with Crippen LogP contribution in [0, 0.1) is 5.82 Å². The summed E-state index contributed by atoms with van der Waals surface area (Å²) in [5.74, 6) is -4.23. The van der Waals surface area contributed by atoms with Gasteiger partial charge in [0.25, 0.3) is 0 Å². The van der Waals surface area contributed by atoms with Crippen LogP contribution in [-0.4, -0.2) is 46.9 Å². The molecular weight excluding hydrogens is 551 g/mol. The van der Waals surface area contributed by atoms with E-state index in [0.717, 1.165) is 30.3 Å². The number of halogens is 7. The molecule has 0 spiro atoms. The number of aliphatic hydroxyl groups is 1. The number of nitrogens with zero attached hydrogens (tertiary/aromatic N) is 2. The van der Waals surface area contributed by atoms with Gasteiger partial charge in [-0.1, -0.05) is 19.1 Å². The highest BCUT2D eigenvalue weighted by molar-refractivity contribution is 7.92. The molecule has 2 aromatic carbocycles. The van der Waals surface area contributed by atoms with Gasteiger partial charge in [-0.25, -0.2) is 4.39 Å². The molecule has 3 N–H and O–H groups in total. The van der Waals surface area contributed by atoms with E-state index in [4.69, 9.17) is 5.73 Å². The van der Waals surface area contributed by atoms with Crippen LogP contribution in [0.2, 0.25) is 0 Å². The summed E-state index contributed by atoms with van der Waals surface area (Å²) in [5.41, 5.74) is 5.90. The van der Waals surface area contributed by atoms with Gasteiger partial charge in [0.05, 0.1) is 24.4 Å².